The van der Waals surface area contributed by atoms with Crippen molar-refractivity contribution in [1.29, 1.82) is 0 Å². The highest BCUT2D eigenvalue weighted by molar-refractivity contribution is 9.10. The zero-order valence-corrected chi connectivity index (χ0v) is 14.2. The van der Waals surface area contributed by atoms with Crippen molar-refractivity contribution in [2.75, 3.05) is 19.4 Å². The summed E-state index contributed by atoms with van der Waals surface area (Å²) in [4.78, 5) is 25.1. The van der Waals surface area contributed by atoms with Gasteiger partial charge in [-0.1, -0.05) is 0 Å². The number of nitrogens with one attached hydrogen (secondary N) is 1. The highest BCUT2D eigenvalue weighted by Gasteiger charge is 2.23. The maximum Gasteiger partial charge on any atom is 0.412 e. The molecule has 0 aliphatic heterocycles. The lowest BCUT2D eigenvalue weighted by Crippen LogP contribution is -2.29. The highest BCUT2D eigenvalue weighted by Crippen LogP contribution is 2.27. The number of anilines is 1. The number of nitrogens with zero attached hydrogens (tertiary/aromatic N) is 1. The zero-order chi connectivity index (χ0) is 16.4. The van der Waals surface area contributed by atoms with Crippen LogP contribution in [0, 0.1) is 5.82 Å². The Labute approximate surface area is 131 Å². The van der Waals surface area contributed by atoms with Crippen LogP contribution in [0.2, 0.25) is 0 Å². The van der Waals surface area contributed by atoms with Crippen LogP contribution >= 0.6 is 15.9 Å². The summed E-state index contributed by atoms with van der Waals surface area (Å²) in [6.07, 6.45) is -0.753. The Morgan fingerprint density at radius 2 is 1.86 bits per heavy atom. The summed E-state index contributed by atoms with van der Waals surface area (Å²) in [6.45, 7) is 5.13. The number of hydrogen-bond acceptors (Lipinski definition) is 3. The standard InChI is InChI=1S/C14H18BrFN2O3/c1-14(2,3)21-13(20)17-9-7-6-8(15)11(16)10(9)12(19)18(4)5/h6-7H,1-5H3,(H,17,20). The van der Waals surface area contributed by atoms with Gasteiger partial charge in [0.15, 0.2) is 5.82 Å². The molecule has 0 aliphatic carbocycles. The van der Waals surface area contributed by atoms with Gasteiger partial charge in [-0.15, -0.1) is 0 Å². The van der Waals surface area contributed by atoms with Crippen molar-refractivity contribution in [3.63, 3.8) is 0 Å². The van der Waals surface area contributed by atoms with E-state index >= 15 is 0 Å². The molecule has 7 heteroatoms. The fourth-order valence-corrected chi connectivity index (χ4v) is 1.83. The molecule has 0 saturated heterocycles. The van der Waals surface area contributed by atoms with Gasteiger partial charge >= 0.3 is 6.09 Å². The average Bonchev–Trinajstić information content (AvgIpc) is 2.31. The number of ether oxygens (including phenoxy) is 1. The fourth-order valence-electron chi connectivity index (χ4n) is 1.50. The van der Waals surface area contributed by atoms with E-state index in [-0.39, 0.29) is 15.7 Å². The summed E-state index contributed by atoms with van der Waals surface area (Å²) in [7, 11) is 3.00. The molecule has 1 N–H and O–H groups in total. The normalized spacial score (nSPS) is 11.0. The molecule has 0 heterocycles. The Balaban J connectivity index is 3.16. The molecule has 2 amide bonds. The van der Waals surface area contributed by atoms with E-state index in [0.29, 0.717) is 0 Å². The summed E-state index contributed by atoms with van der Waals surface area (Å²) in [5.41, 5.74) is -0.854. The summed E-state index contributed by atoms with van der Waals surface area (Å²) >= 11 is 3.02. The van der Waals surface area contributed by atoms with Gasteiger partial charge in [-0.05, 0) is 48.8 Å². The van der Waals surface area contributed by atoms with Gasteiger partial charge < -0.3 is 9.64 Å². The molecule has 116 valence electrons. The van der Waals surface area contributed by atoms with Crippen LogP contribution in [-0.2, 0) is 4.74 Å². The number of amides is 2. The maximum atomic E-state index is 14.2. The fraction of sp³-hybridized carbons (Fsp3) is 0.429. The molecule has 1 aromatic rings. The summed E-state index contributed by atoms with van der Waals surface area (Å²) in [5.74, 6) is -1.29. The minimum absolute atomic E-state index is 0.0589. The smallest absolute Gasteiger partial charge is 0.412 e. The third kappa shape index (κ3) is 4.70. The van der Waals surface area contributed by atoms with E-state index in [1.54, 1.807) is 20.8 Å². The molecule has 1 rings (SSSR count). The van der Waals surface area contributed by atoms with E-state index in [0.717, 1.165) is 0 Å². The first-order valence-corrected chi connectivity index (χ1v) is 7.02. The molecule has 0 unspecified atom stereocenters. The maximum absolute atomic E-state index is 14.2. The highest BCUT2D eigenvalue weighted by atomic mass is 79.9. The van der Waals surface area contributed by atoms with Crippen LogP contribution in [0.4, 0.5) is 14.9 Å². The van der Waals surface area contributed by atoms with Crippen LogP contribution in [-0.4, -0.2) is 36.6 Å². The van der Waals surface area contributed by atoms with Crippen molar-refractivity contribution in [2.24, 2.45) is 0 Å². The molecule has 0 aliphatic rings. The second-order valence-electron chi connectivity index (χ2n) is 5.61. The van der Waals surface area contributed by atoms with Gasteiger partial charge in [-0.3, -0.25) is 10.1 Å². The largest absolute Gasteiger partial charge is 0.444 e. The van der Waals surface area contributed by atoms with Crippen molar-refractivity contribution in [3.05, 3.63) is 28.0 Å². The molecule has 0 fully saturated rings. The lowest BCUT2D eigenvalue weighted by molar-refractivity contribution is 0.0636. The second-order valence-corrected chi connectivity index (χ2v) is 6.46. The molecule has 0 spiro atoms. The molecule has 0 aromatic heterocycles. The van der Waals surface area contributed by atoms with Crippen molar-refractivity contribution in [3.8, 4) is 0 Å². The molecule has 0 saturated carbocycles. The Kier molecular flexibility index (Phi) is 5.33. The summed E-state index contributed by atoms with van der Waals surface area (Å²) in [5, 5.41) is 2.40. The Bertz CT molecular complexity index is 568. The Hall–Kier alpha value is -1.63. The van der Waals surface area contributed by atoms with E-state index in [1.165, 1.54) is 31.1 Å². The van der Waals surface area contributed by atoms with Crippen LogP contribution in [0.15, 0.2) is 16.6 Å². The number of carbonyl (C=O) groups excluding carboxylic acids is 2. The van der Waals surface area contributed by atoms with Gasteiger partial charge in [0, 0.05) is 14.1 Å². The van der Waals surface area contributed by atoms with Gasteiger partial charge in [0.1, 0.15) is 11.2 Å². The lowest BCUT2D eigenvalue weighted by Gasteiger charge is -2.21. The van der Waals surface area contributed by atoms with Crippen molar-refractivity contribution in [2.45, 2.75) is 26.4 Å². The predicted molar refractivity (Wildman–Crippen MR) is 82.0 cm³/mol. The van der Waals surface area contributed by atoms with Gasteiger partial charge in [0.05, 0.1) is 10.2 Å². The van der Waals surface area contributed by atoms with Crippen molar-refractivity contribution in [1.82, 2.24) is 4.90 Å². The first-order valence-electron chi connectivity index (χ1n) is 6.22. The number of rotatable bonds is 2. The lowest BCUT2D eigenvalue weighted by atomic mass is 10.1. The predicted octanol–water partition coefficient (Wildman–Crippen LogP) is 3.64. The minimum Gasteiger partial charge on any atom is -0.444 e. The monoisotopic (exact) mass is 360 g/mol. The van der Waals surface area contributed by atoms with E-state index in [9.17, 15) is 14.0 Å². The van der Waals surface area contributed by atoms with E-state index < -0.39 is 23.4 Å². The molecule has 1 aromatic carbocycles. The number of halogens is 2. The molecule has 5 nitrogen and oxygen atoms in total. The molecular formula is C14H18BrFN2O3. The first-order chi connectivity index (χ1) is 9.53. The second kappa shape index (κ2) is 6.43. The average molecular weight is 361 g/mol. The van der Waals surface area contributed by atoms with E-state index in [1.807, 2.05) is 0 Å². The SMILES string of the molecule is CN(C)C(=O)c1c(NC(=O)OC(C)(C)C)ccc(Br)c1F. The van der Waals surface area contributed by atoms with Gasteiger partial charge in [-0.2, -0.15) is 0 Å². The van der Waals surface area contributed by atoms with Crippen LogP contribution in [0.1, 0.15) is 31.1 Å². The number of benzene rings is 1. The van der Waals surface area contributed by atoms with Crippen molar-refractivity contribution < 1.29 is 18.7 Å². The van der Waals surface area contributed by atoms with Gasteiger partial charge in [0.2, 0.25) is 0 Å². The van der Waals surface area contributed by atoms with Crippen LogP contribution in [0.5, 0.6) is 0 Å². The molecule has 0 radical (unpaired) electrons. The summed E-state index contributed by atoms with van der Waals surface area (Å²) < 4.78 is 19.4. The number of hydrogen-bond donors (Lipinski definition) is 1. The van der Waals surface area contributed by atoms with E-state index in [4.69, 9.17) is 4.74 Å². The zero-order valence-electron chi connectivity index (χ0n) is 12.6. The Morgan fingerprint density at radius 1 is 1.29 bits per heavy atom. The number of carbonyl (C=O) groups is 2. The third-order valence-corrected chi connectivity index (χ3v) is 2.96. The van der Waals surface area contributed by atoms with E-state index in [2.05, 4.69) is 21.2 Å². The van der Waals surface area contributed by atoms with Crippen LogP contribution in [0.3, 0.4) is 0 Å². The Morgan fingerprint density at radius 3 is 2.33 bits per heavy atom. The third-order valence-electron chi connectivity index (χ3n) is 2.35. The minimum atomic E-state index is -0.753. The van der Waals surface area contributed by atoms with Crippen LogP contribution < -0.4 is 5.32 Å². The first kappa shape index (κ1) is 17.4. The van der Waals surface area contributed by atoms with Gasteiger partial charge in [-0.25, -0.2) is 9.18 Å². The topological polar surface area (TPSA) is 58.6 Å². The quantitative estimate of drug-likeness (QED) is 0.875. The molecular weight excluding hydrogens is 343 g/mol. The molecule has 21 heavy (non-hydrogen) atoms. The van der Waals surface area contributed by atoms with Gasteiger partial charge in [0.25, 0.3) is 5.91 Å². The summed E-state index contributed by atoms with van der Waals surface area (Å²) in [6, 6.07) is 2.85. The molecule has 0 bridgehead atoms. The molecule has 0 atom stereocenters. The van der Waals surface area contributed by atoms with Crippen LogP contribution in [0.25, 0.3) is 0 Å². The van der Waals surface area contributed by atoms with Crippen molar-refractivity contribution >= 4 is 33.6 Å².